The van der Waals surface area contributed by atoms with Crippen molar-refractivity contribution in [1.29, 1.82) is 0 Å². The summed E-state index contributed by atoms with van der Waals surface area (Å²) in [7, 11) is 0. The number of Topliss-reactive ketones (excluding diaryl/α,β-unsaturated/α-hetero) is 1. The number of ketones is 1. The maximum absolute atomic E-state index is 11.8. The number of hydrogen-bond donors (Lipinski definition) is 2. The SMILES string of the molecule is CC1NCCCC1NC(=O)CCC(=O)c1cccs1.Cl. The van der Waals surface area contributed by atoms with E-state index in [0.717, 1.165) is 24.3 Å². The molecule has 0 aliphatic carbocycles. The summed E-state index contributed by atoms with van der Waals surface area (Å²) in [5.41, 5.74) is 0. The van der Waals surface area contributed by atoms with Crippen LogP contribution < -0.4 is 10.6 Å². The Hall–Kier alpha value is -0.910. The predicted molar refractivity (Wildman–Crippen MR) is 83.8 cm³/mol. The number of hydrogen-bond acceptors (Lipinski definition) is 4. The van der Waals surface area contributed by atoms with Crippen LogP contribution >= 0.6 is 23.7 Å². The molecule has 0 radical (unpaired) electrons. The first-order valence-electron chi connectivity index (χ1n) is 6.76. The molecule has 0 bridgehead atoms. The first-order valence-corrected chi connectivity index (χ1v) is 7.64. The molecule has 0 aromatic carbocycles. The summed E-state index contributed by atoms with van der Waals surface area (Å²) in [5.74, 6) is 0.0328. The van der Waals surface area contributed by atoms with Crippen LogP contribution in [-0.4, -0.2) is 30.3 Å². The van der Waals surface area contributed by atoms with E-state index in [-0.39, 0.29) is 36.6 Å². The zero-order valence-corrected chi connectivity index (χ0v) is 13.2. The fourth-order valence-electron chi connectivity index (χ4n) is 2.31. The molecule has 4 nitrogen and oxygen atoms in total. The van der Waals surface area contributed by atoms with Crippen LogP contribution in [-0.2, 0) is 4.79 Å². The van der Waals surface area contributed by atoms with Crippen LogP contribution in [0, 0.1) is 0 Å². The Bertz CT molecular complexity index is 436. The molecule has 1 fully saturated rings. The Balaban J connectivity index is 0.00000200. The molecule has 2 atom stereocenters. The molecular formula is C14H21ClN2O2S. The van der Waals surface area contributed by atoms with Gasteiger partial charge in [-0.3, -0.25) is 9.59 Å². The zero-order chi connectivity index (χ0) is 13.7. The predicted octanol–water partition coefficient (Wildman–Crippen LogP) is 2.39. The maximum atomic E-state index is 11.8. The normalized spacial score (nSPS) is 21.9. The minimum atomic E-state index is -0.0227. The fourth-order valence-corrected chi connectivity index (χ4v) is 3.00. The summed E-state index contributed by atoms with van der Waals surface area (Å²) in [4.78, 5) is 24.4. The van der Waals surface area contributed by atoms with Gasteiger partial charge in [0.1, 0.15) is 0 Å². The summed E-state index contributed by atoms with van der Waals surface area (Å²) < 4.78 is 0. The second-order valence-corrected chi connectivity index (χ2v) is 5.91. The third-order valence-corrected chi connectivity index (χ3v) is 4.39. The second kappa shape index (κ2) is 8.39. The molecule has 1 aromatic heterocycles. The van der Waals surface area contributed by atoms with E-state index in [1.54, 1.807) is 6.07 Å². The van der Waals surface area contributed by atoms with Crippen molar-refractivity contribution in [3.8, 4) is 0 Å². The van der Waals surface area contributed by atoms with Crippen molar-refractivity contribution in [3.63, 3.8) is 0 Å². The van der Waals surface area contributed by atoms with Crippen molar-refractivity contribution in [2.75, 3.05) is 6.54 Å². The van der Waals surface area contributed by atoms with Crippen LogP contribution in [0.3, 0.4) is 0 Å². The van der Waals surface area contributed by atoms with Gasteiger partial charge in [-0.1, -0.05) is 6.07 Å². The monoisotopic (exact) mass is 316 g/mol. The van der Waals surface area contributed by atoms with Gasteiger partial charge in [-0.05, 0) is 37.8 Å². The fraction of sp³-hybridized carbons (Fsp3) is 0.571. The summed E-state index contributed by atoms with van der Waals surface area (Å²) in [6.45, 7) is 3.10. The second-order valence-electron chi connectivity index (χ2n) is 4.96. The molecule has 1 saturated heterocycles. The minimum Gasteiger partial charge on any atom is -0.352 e. The average molecular weight is 317 g/mol. The van der Waals surface area contributed by atoms with Crippen molar-refractivity contribution >= 4 is 35.4 Å². The third kappa shape index (κ3) is 4.89. The molecule has 1 aliphatic heterocycles. The van der Waals surface area contributed by atoms with E-state index >= 15 is 0 Å². The van der Waals surface area contributed by atoms with Gasteiger partial charge >= 0.3 is 0 Å². The lowest BCUT2D eigenvalue weighted by Crippen LogP contribution is -2.51. The molecule has 0 spiro atoms. The topological polar surface area (TPSA) is 58.2 Å². The van der Waals surface area contributed by atoms with Crippen molar-refractivity contribution < 1.29 is 9.59 Å². The largest absolute Gasteiger partial charge is 0.352 e. The van der Waals surface area contributed by atoms with Crippen molar-refractivity contribution in [1.82, 2.24) is 10.6 Å². The molecule has 1 amide bonds. The highest BCUT2D eigenvalue weighted by molar-refractivity contribution is 7.12. The standard InChI is InChI=1S/C14H20N2O2S.ClH/c1-10-11(4-2-8-15-10)16-14(18)7-6-12(17)13-5-3-9-19-13;/h3,5,9-11,15H,2,4,6-8H2,1H3,(H,16,18);1H. The molecule has 2 unspecified atom stereocenters. The highest BCUT2D eigenvalue weighted by Crippen LogP contribution is 2.13. The van der Waals surface area contributed by atoms with E-state index in [1.165, 1.54) is 11.3 Å². The molecule has 2 heterocycles. The first kappa shape index (κ1) is 17.1. The van der Waals surface area contributed by atoms with Crippen LogP contribution in [0.1, 0.15) is 42.3 Å². The highest BCUT2D eigenvalue weighted by atomic mass is 35.5. The van der Waals surface area contributed by atoms with Crippen LogP contribution in [0.15, 0.2) is 17.5 Å². The van der Waals surface area contributed by atoms with Gasteiger partial charge in [0, 0.05) is 24.9 Å². The summed E-state index contributed by atoms with van der Waals surface area (Å²) in [6, 6.07) is 4.16. The first-order chi connectivity index (χ1) is 9.16. The number of rotatable bonds is 5. The summed E-state index contributed by atoms with van der Waals surface area (Å²) in [6.07, 6.45) is 2.67. The molecule has 1 aliphatic rings. The lowest BCUT2D eigenvalue weighted by molar-refractivity contribution is -0.122. The smallest absolute Gasteiger partial charge is 0.220 e. The number of piperidine rings is 1. The van der Waals surface area contributed by atoms with E-state index in [9.17, 15) is 9.59 Å². The molecule has 1 aromatic rings. The molecule has 20 heavy (non-hydrogen) atoms. The van der Waals surface area contributed by atoms with Crippen LogP contribution in [0.2, 0.25) is 0 Å². The third-order valence-electron chi connectivity index (χ3n) is 3.48. The van der Waals surface area contributed by atoms with Crippen molar-refractivity contribution in [2.24, 2.45) is 0 Å². The Morgan fingerprint density at radius 3 is 2.90 bits per heavy atom. The lowest BCUT2D eigenvalue weighted by Gasteiger charge is -2.30. The molecule has 0 saturated carbocycles. The Morgan fingerprint density at radius 1 is 1.45 bits per heavy atom. The Kier molecular flexibility index (Phi) is 7.19. The van der Waals surface area contributed by atoms with Crippen LogP contribution in [0.4, 0.5) is 0 Å². The van der Waals surface area contributed by atoms with Gasteiger partial charge in [-0.2, -0.15) is 0 Å². The number of thiophene rings is 1. The molecule has 6 heteroatoms. The number of carbonyl (C=O) groups excluding carboxylic acids is 2. The van der Waals surface area contributed by atoms with Gasteiger partial charge in [0.25, 0.3) is 0 Å². The number of carbonyl (C=O) groups is 2. The van der Waals surface area contributed by atoms with E-state index in [1.807, 2.05) is 11.4 Å². The van der Waals surface area contributed by atoms with Gasteiger partial charge in [0.05, 0.1) is 4.88 Å². The van der Waals surface area contributed by atoms with E-state index in [0.29, 0.717) is 12.5 Å². The summed E-state index contributed by atoms with van der Waals surface area (Å²) >= 11 is 1.43. The molecule has 2 N–H and O–H groups in total. The van der Waals surface area contributed by atoms with E-state index in [2.05, 4.69) is 17.6 Å². The molecule has 112 valence electrons. The molecular weight excluding hydrogens is 296 g/mol. The van der Waals surface area contributed by atoms with Crippen LogP contribution in [0.5, 0.6) is 0 Å². The van der Waals surface area contributed by atoms with Gasteiger partial charge in [0.2, 0.25) is 5.91 Å². The van der Waals surface area contributed by atoms with E-state index in [4.69, 9.17) is 0 Å². The average Bonchev–Trinajstić information content (AvgIpc) is 2.93. The van der Waals surface area contributed by atoms with Crippen molar-refractivity contribution in [2.45, 2.75) is 44.7 Å². The maximum Gasteiger partial charge on any atom is 0.220 e. The van der Waals surface area contributed by atoms with Gasteiger partial charge in [-0.15, -0.1) is 23.7 Å². The van der Waals surface area contributed by atoms with Gasteiger partial charge in [0.15, 0.2) is 5.78 Å². The van der Waals surface area contributed by atoms with Crippen molar-refractivity contribution in [3.05, 3.63) is 22.4 Å². The van der Waals surface area contributed by atoms with Crippen LogP contribution in [0.25, 0.3) is 0 Å². The lowest BCUT2D eigenvalue weighted by atomic mass is 9.99. The number of nitrogens with one attached hydrogen (secondary N) is 2. The number of amides is 1. The van der Waals surface area contributed by atoms with E-state index < -0.39 is 0 Å². The van der Waals surface area contributed by atoms with Gasteiger partial charge in [-0.25, -0.2) is 0 Å². The summed E-state index contributed by atoms with van der Waals surface area (Å²) in [5, 5.41) is 8.24. The zero-order valence-electron chi connectivity index (χ0n) is 11.6. The Labute approximate surface area is 129 Å². The highest BCUT2D eigenvalue weighted by Gasteiger charge is 2.22. The number of halogens is 1. The minimum absolute atomic E-state index is 0. The quantitative estimate of drug-likeness (QED) is 0.820. The Morgan fingerprint density at radius 2 is 2.25 bits per heavy atom. The van der Waals surface area contributed by atoms with Gasteiger partial charge < -0.3 is 10.6 Å². The molecule has 2 rings (SSSR count).